The van der Waals surface area contributed by atoms with Crippen LogP contribution < -0.4 is 4.90 Å². The molecular weight excluding hydrogens is 293 g/mol. The van der Waals surface area contributed by atoms with E-state index in [1.54, 1.807) is 16.6 Å². The van der Waals surface area contributed by atoms with E-state index in [9.17, 15) is 4.39 Å². The molecule has 0 spiro atoms. The third-order valence-electron chi connectivity index (χ3n) is 4.46. The molecule has 0 radical (unpaired) electrons. The fourth-order valence-electron chi connectivity index (χ4n) is 2.96. The summed E-state index contributed by atoms with van der Waals surface area (Å²) >= 11 is 0. The fraction of sp³-hybridized carbons (Fsp3) is 0.353. The van der Waals surface area contributed by atoms with Gasteiger partial charge in [-0.15, -0.1) is 15.3 Å². The molecule has 1 saturated heterocycles. The fourth-order valence-corrected chi connectivity index (χ4v) is 2.96. The molecule has 1 aliphatic rings. The molecular formula is C17H18FN5. The van der Waals surface area contributed by atoms with Gasteiger partial charge in [-0.2, -0.15) is 4.52 Å². The Hall–Kier alpha value is -2.50. The smallest absolute Gasteiger partial charge is 0.185 e. The van der Waals surface area contributed by atoms with Gasteiger partial charge in [0.2, 0.25) is 0 Å². The Morgan fingerprint density at radius 1 is 1.00 bits per heavy atom. The highest BCUT2D eigenvalue weighted by molar-refractivity contribution is 5.59. The number of aromatic nitrogens is 4. The van der Waals surface area contributed by atoms with Gasteiger partial charge in [-0.05, 0) is 55.2 Å². The summed E-state index contributed by atoms with van der Waals surface area (Å²) in [7, 11) is 0. The Bertz CT molecular complexity index is 819. The molecule has 5 nitrogen and oxygen atoms in total. The van der Waals surface area contributed by atoms with Gasteiger partial charge in [-0.1, -0.05) is 6.92 Å². The molecule has 1 aromatic carbocycles. The molecule has 4 rings (SSSR count). The van der Waals surface area contributed by atoms with Gasteiger partial charge >= 0.3 is 0 Å². The van der Waals surface area contributed by atoms with Crippen LogP contribution in [-0.4, -0.2) is 32.9 Å². The highest BCUT2D eigenvalue weighted by atomic mass is 19.1. The van der Waals surface area contributed by atoms with E-state index in [1.165, 1.54) is 25.0 Å². The summed E-state index contributed by atoms with van der Waals surface area (Å²) in [5, 5.41) is 13.1. The van der Waals surface area contributed by atoms with Crippen LogP contribution in [0.5, 0.6) is 0 Å². The van der Waals surface area contributed by atoms with E-state index in [0.29, 0.717) is 11.5 Å². The lowest BCUT2D eigenvalue weighted by Crippen LogP contribution is -2.33. The molecule has 3 aromatic rings. The Kier molecular flexibility index (Phi) is 3.44. The second kappa shape index (κ2) is 5.61. The number of benzene rings is 1. The Balaban J connectivity index is 1.73. The van der Waals surface area contributed by atoms with Crippen molar-refractivity contribution in [1.82, 2.24) is 19.8 Å². The molecule has 1 fully saturated rings. The van der Waals surface area contributed by atoms with Crippen molar-refractivity contribution in [1.29, 1.82) is 0 Å². The second-order valence-electron chi connectivity index (χ2n) is 6.16. The zero-order chi connectivity index (χ0) is 15.8. The first-order valence-electron chi connectivity index (χ1n) is 7.94. The van der Waals surface area contributed by atoms with E-state index in [4.69, 9.17) is 5.10 Å². The van der Waals surface area contributed by atoms with Gasteiger partial charge in [0.1, 0.15) is 11.6 Å². The molecule has 3 heterocycles. The van der Waals surface area contributed by atoms with Gasteiger partial charge in [0.05, 0.1) is 0 Å². The molecule has 0 unspecified atom stereocenters. The van der Waals surface area contributed by atoms with Gasteiger partial charge in [0.15, 0.2) is 11.5 Å². The normalized spacial score (nSPS) is 16.2. The molecule has 0 atom stereocenters. The van der Waals surface area contributed by atoms with E-state index in [-0.39, 0.29) is 5.82 Å². The van der Waals surface area contributed by atoms with Crippen molar-refractivity contribution in [3.63, 3.8) is 0 Å². The first-order valence-corrected chi connectivity index (χ1v) is 7.94. The summed E-state index contributed by atoms with van der Waals surface area (Å²) in [4.78, 5) is 2.30. The molecule has 0 bridgehead atoms. The molecule has 118 valence electrons. The highest BCUT2D eigenvalue weighted by Crippen LogP contribution is 2.23. The average molecular weight is 311 g/mol. The zero-order valence-electron chi connectivity index (χ0n) is 13.0. The van der Waals surface area contributed by atoms with Gasteiger partial charge in [0.25, 0.3) is 0 Å². The summed E-state index contributed by atoms with van der Waals surface area (Å²) in [6.45, 7) is 4.34. The maximum Gasteiger partial charge on any atom is 0.185 e. The van der Waals surface area contributed by atoms with Crippen molar-refractivity contribution in [2.45, 2.75) is 19.8 Å². The van der Waals surface area contributed by atoms with Crippen LogP contribution in [-0.2, 0) is 0 Å². The highest BCUT2D eigenvalue weighted by Gasteiger charge is 2.18. The zero-order valence-corrected chi connectivity index (χ0v) is 13.0. The van der Waals surface area contributed by atoms with Crippen LogP contribution in [0.3, 0.4) is 0 Å². The summed E-state index contributed by atoms with van der Waals surface area (Å²) in [5.74, 6) is 2.08. The average Bonchev–Trinajstić information content (AvgIpc) is 2.99. The minimum atomic E-state index is -0.265. The predicted octanol–water partition coefficient (Wildman–Crippen LogP) is 3.17. The molecule has 0 N–H and O–H groups in total. The van der Waals surface area contributed by atoms with Gasteiger partial charge < -0.3 is 4.90 Å². The van der Waals surface area contributed by atoms with Crippen LogP contribution in [0.15, 0.2) is 36.4 Å². The Morgan fingerprint density at radius 3 is 2.48 bits per heavy atom. The maximum absolute atomic E-state index is 13.1. The summed E-state index contributed by atoms with van der Waals surface area (Å²) in [6.07, 6.45) is 2.37. The minimum Gasteiger partial charge on any atom is -0.355 e. The van der Waals surface area contributed by atoms with E-state index >= 15 is 0 Å². The number of hydrogen-bond donors (Lipinski definition) is 0. The number of nitrogens with zero attached hydrogens (tertiary/aromatic N) is 5. The number of anilines is 1. The maximum atomic E-state index is 13.1. The standard InChI is InChI=1S/C17H18FN5/c1-12-8-10-22(11-9-12)16-7-6-15-19-20-17(23(15)21-16)13-2-4-14(18)5-3-13/h2-7,12H,8-11H2,1H3. The molecule has 2 aromatic heterocycles. The van der Waals surface area contributed by atoms with Gasteiger partial charge in [-0.25, -0.2) is 4.39 Å². The van der Waals surface area contributed by atoms with Crippen LogP contribution in [0.25, 0.3) is 17.0 Å². The van der Waals surface area contributed by atoms with Crippen molar-refractivity contribution in [2.24, 2.45) is 5.92 Å². The number of piperidine rings is 1. The second-order valence-corrected chi connectivity index (χ2v) is 6.16. The molecule has 0 aliphatic carbocycles. The molecule has 6 heteroatoms. The van der Waals surface area contributed by atoms with Gasteiger partial charge in [0, 0.05) is 18.7 Å². The Morgan fingerprint density at radius 2 is 1.74 bits per heavy atom. The largest absolute Gasteiger partial charge is 0.355 e. The van der Waals surface area contributed by atoms with Crippen LogP contribution in [0.2, 0.25) is 0 Å². The van der Waals surface area contributed by atoms with E-state index in [2.05, 4.69) is 22.0 Å². The lowest BCUT2D eigenvalue weighted by Gasteiger charge is -2.30. The van der Waals surface area contributed by atoms with Crippen molar-refractivity contribution < 1.29 is 4.39 Å². The topological polar surface area (TPSA) is 46.3 Å². The van der Waals surface area contributed by atoms with Crippen LogP contribution in [0, 0.1) is 11.7 Å². The predicted molar refractivity (Wildman–Crippen MR) is 86.8 cm³/mol. The third kappa shape index (κ3) is 2.65. The molecule has 0 amide bonds. The first kappa shape index (κ1) is 14.1. The lowest BCUT2D eigenvalue weighted by atomic mass is 9.99. The molecule has 23 heavy (non-hydrogen) atoms. The number of halogens is 1. The van der Waals surface area contributed by atoms with Crippen molar-refractivity contribution in [3.8, 4) is 11.4 Å². The van der Waals surface area contributed by atoms with E-state index in [0.717, 1.165) is 30.4 Å². The van der Waals surface area contributed by atoms with Crippen LogP contribution in [0.4, 0.5) is 10.2 Å². The van der Waals surface area contributed by atoms with E-state index in [1.807, 2.05) is 12.1 Å². The first-order chi connectivity index (χ1) is 11.2. The van der Waals surface area contributed by atoms with Crippen LogP contribution >= 0.6 is 0 Å². The third-order valence-corrected chi connectivity index (χ3v) is 4.46. The van der Waals surface area contributed by atoms with Crippen molar-refractivity contribution in [2.75, 3.05) is 18.0 Å². The SMILES string of the molecule is CC1CCN(c2ccc3nnc(-c4ccc(F)cc4)n3n2)CC1. The summed E-state index contributed by atoms with van der Waals surface area (Å²) in [6, 6.07) is 10.2. The molecule has 0 saturated carbocycles. The van der Waals surface area contributed by atoms with E-state index < -0.39 is 0 Å². The number of rotatable bonds is 2. The lowest BCUT2D eigenvalue weighted by molar-refractivity contribution is 0.435. The van der Waals surface area contributed by atoms with Crippen LogP contribution in [0.1, 0.15) is 19.8 Å². The van der Waals surface area contributed by atoms with Crippen molar-refractivity contribution in [3.05, 3.63) is 42.2 Å². The monoisotopic (exact) mass is 311 g/mol. The van der Waals surface area contributed by atoms with Gasteiger partial charge in [-0.3, -0.25) is 0 Å². The quantitative estimate of drug-likeness (QED) is 0.729. The minimum absolute atomic E-state index is 0.265. The summed E-state index contributed by atoms with van der Waals surface area (Å²) in [5.41, 5.74) is 1.49. The summed E-state index contributed by atoms with van der Waals surface area (Å²) < 4.78 is 14.9. The number of fused-ring (bicyclic) bond motifs is 1. The number of hydrogen-bond acceptors (Lipinski definition) is 4. The molecule has 1 aliphatic heterocycles. The Labute approximate surface area is 133 Å². The van der Waals surface area contributed by atoms with Crippen molar-refractivity contribution >= 4 is 11.5 Å².